The second kappa shape index (κ2) is 14.5. The van der Waals surface area contributed by atoms with Gasteiger partial charge in [-0.3, -0.25) is 24.2 Å². The Labute approximate surface area is 182 Å². The molecule has 4 amide bonds. The van der Waals surface area contributed by atoms with E-state index >= 15 is 0 Å². The summed E-state index contributed by atoms with van der Waals surface area (Å²) >= 11 is 0. The average Bonchev–Trinajstić information content (AvgIpc) is 2.71. The maximum Gasteiger partial charge on any atom is 0.328 e. The van der Waals surface area contributed by atoms with E-state index in [1.54, 1.807) is 0 Å². The molecule has 0 aromatic carbocycles. The standard InChI is InChI=1S/C16H30N8O8/c17-7(2-1-3-21-16(19)20)12(28)23-9(5-25)14(30)22-8(4-11(18)27)13(29)24-10(6-26)15(31)32/h7-10,25-26H,1-6,17H2,(H2,18,27)(H,22,30)(H,23,28)(H,24,29)(H,31,32)(H4,19,20,21). The molecule has 0 saturated carbocycles. The molecule has 0 aromatic rings. The molecule has 0 bridgehead atoms. The smallest absolute Gasteiger partial charge is 0.328 e. The van der Waals surface area contributed by atoms with Crippen molar-refractivity contribution in [3.63, 3.8) is 0 Å². The minimum atomic E-state index is -1.69. The van der Waals surface area contributed by atoms with E-state index in [2.05, 4.69) is 15.6 Å². The summed E-state index contributed by atoms with van der Waals surface area (Å²) in [6.07, 6.45) is -0.197. The topological polar surface area (TPSA) is 299 Å². The van der Waals surface area contributed by atoms with Gasteiger partial charge in [0.1, 0.15) is 18.1 Å². The van der Waals surface area contributed by atoms with Crippen LogP contribution in [-0.2, 0) is 24.0 Å². The summed E-state index contributed by atoms with van der Waals surface area (Å²) in [4.78, 5) is 62.6. The van der Waals surface area contributed by atoms with Crippen molar-refractivity contribution in [3.05, 3.63) is 0 Å². The number of nitrogens with zero attached hydrogens (tertiary/aromatic N) is 1. The lowest BCUT2D eigenvalue weighted by atomic mass is 10.1. The lowest BCUT2D eigenvalue weighted by Gasteiger charge is -2.23. The van der Waals surface area contributed by atoms with Crippen LogP contribution in [0.3, 0.4) is 0 Å². The first-order valence-corrected chi connectivity index (χ1v) is 9.37. The van der Waals surface area contributed by atoms with Crippen molar-refractivity contribution in [1.82, 2.24) is 16.0 Å². The Hall–Kier alpha value is -3.50. The maximum absolute atomic E-state index is 12.4. The Morgan fingerprint density at radius 2 is 1.31 bits per heavy atom. The van der Waals surface area contributed by atoms with E-state index in [0.29, 0.717) is 6.42 Å². The van der Waals surface area contributed by atoms with Gasteiger partial charge in [0.25, 0.3) is 0 Å². The van der Waals surface area contributed by atoms with Crippen molar-refractivity contribution in [1.29, 1.82) is 0 Å². The van der Waals surface area contributed by atoms with E-state index < -0.39 is 73.4 Å². The summed E-state index contributed by atoms with van der Waals surface area (Å²) in [5.74, 6) is -5.66. The number of hydrogen-bond donors (Lipinski definition) is 10. The van der Waals surface area contributed by atoms with Crippen molar-refractivity contribution >= 4 is 35.6 Å². The molecule has 32 heavy (non-hydrogen) atoms. The van der Waals surface area contributed by atoms with E-state index in [4.69, 9.17) is 33.1 Å². The number of primary amides is 1. The van der Waals surface area contributed by atoms with Crippen LogP contribution in [0, 0.1) is 0 Å². The predicted octanol–water partition coefficient (Wildman–Crippen LogP) is -6.23. The highest BCUT2D eigenvalue weighted by molar-refractivity contribution is 5.96. The van der Waals surface area contributed by atoms with Crippen LogP contribution in [0.25, 0.3) is 0 Å². The molecule has 0 saturated heterocycles. The number of nitrogens with two attached hydrogens (primary N) is 4. The highest BCUT2D eigenvalue weighted by atomic mass is 16.4. The van der Waals surface area contributed by atoms with Gasteiger partial charge in [-0.25, -0.2) is 4.79 Å². The number of aliphatic hydroxyl groups is 2. The van der Waals surface area contributed by atoms with Gasteiger partial charge in [0.05, 0.1) is 25.7 Å². The van der Waals surface area contributed by atoms with Crippen LogP contribution < -0.4 is 38.9 Å². The highest BCUT2D eigenvalue weighted by Gasteiger charge is 2.30. The second-order valence-corrected chi connectivity index (χ2v) is 6.61. The molecular formula is C16H30N8O8. The van der Waals surface area contributed by atoms with Crippen LogP contribution in [0.2, 0.25) is 0 Å². The molecule has 182 valence electrons. The maximum atomic E-state index is 12.4. The predicted molar refractivity (Wildman–Crippen MR) is 109 cm³/mol. The van der Waals surface area contributed by atoms with Gasteiger partial charge in [-0.2, -0.15) is 0 Å². The molecular weight excluding hydrogens is 432 g/mol. The van der Waals surface area contributed by atoms with Gasteiger partial charge < -0.3 is 54.2 Å². The largest absolute Gasteiger partial charge is 0.480 e. The average molecular weight is 462 g/mol. The number of carbonyl (C=O) groups excluding carboxylic acids is 4. The van der Waals surface area contributed by atoms with Crippen LogP contribution >= 0.6 is 0 Å². The summed E-state index contributed by atoms with van der Waals surface area (Å²) in [5, 5.41) is 33.5. The Morgan fingerprint density at radius 3 is 1.78 bits per heavy atom. The summed E-state index contributed by atoms with van der Waals surface area (Å²) in [5.41, 5.74) is 21.1. The quantitative estimate of drug-likeness (QED) is 0.0619. The minimum absolute atomic E-state index is 0.122. The normalized spacial score (nSPS) is 14.2. The molecule has 0 radical (unpaired) electrons. The van der Waals surface area contributed by atoms with E-state index in [1.165, 1.54) is 0 Å². The number of guanidine groups is 1. The Kier molecular flexibility index (Phi) is 12.9. The molecule has 4 atom stereocenters. The van der Waals surface area contributed by atoms with Gasteiger partial charge in [0, 0.05) is 6.54 Å². The van der Waals surface area contributed by atoms with E-state index in [1.807, 2.05) is 5.32 Å². The molecule has 16 nitrogen and oxygen atoms in total. The number of carboxylic acids is 1. The molecule has 14 N–H and O–H groups in total. The van der Waals surface area contributed by atoms with Crippen LogP contribution in [0.15, 0.2) is 4.99 Å². The molecule has 16 heteroatoms. The third-order valence-corrected chi connectivity index (χ3v) is 3.96. The fourth-order valence-corrected chi connectivity index (χ4v) is 2.26. The van der Waals surface area contributed by atoms with E-state index in [0.717, 1.165) is 0 Å². The van der Waals surface area contributed by atoms with Crippen molar-refractivity contribution < 1.29 is 39.3 Å². The second-order valence-electron chi connectivity index (χ2n) is 6.61. The first-order chi connectivity index (χ1) is 14.9. The van der Waals surface area contributed by atoms with Gasteiger partial charge in [-0.05, 0) is 12.8 Å². The van der Waals surface area contributed by atoms with Crippen LogP contribution in [0.4, 0.5) is 0 Å². The minimum Gasteiger partial charge on any atom is -0.480 e. The van der Waals surface area contributed by atoms with E-state index in [9.17, 15) is 29.1 Å². The number of rotatable bonds is 15. The van der Waals surface area contributed by atoms with Crippen molar-refractivity contribution in [2.24, 2.45) is 27.9 Å². The number of amides is 4. The van der Waals surface area contributed by atoms with Gasteiger partial charge in [0.2, 0.25) is 23.6 Å². The lowest BCUT2D eigenvalue weighted by molar-refractivity contribution is -0.143. The zero-order valence-corrected chi connectivity index (χ0v) is 17.2. The molecule has 0 heterocycles. The van der Waals surface area contributed by atoms with Crippen LogP contribution in [0.5, 0.6) is 0 Å². The number of aliphatic imine (C=N–C) groups is 1. The molecule has 0 aliphatic heterocycles. The zero-order valence-electron chi connectivity index (χ0n) is 17.2. The van der Waals surface area contributed by atoms with Crippen molar-refractivity contribution in [3.8, 4) is 0 Å². The number of aliphatic carboxylic acids is 1. The van der Waals surface area contributed by atoms with Gasteiger partial charge in [-0.1, -0.05) is 0 Å². The summed E-state index contributed by atoms with van der Waals surface area (Å²) in [7, 11) is 0. The SMILES string of the molecule is NC(=O)CC(NC(=O)C(CO)NC(=O)C(N)CCCN=C(N)N)C(=O)NC(CO)C(=O)O. The molecule has 0 fully saturated rings. The Bertz CT molecular complexity index is 712. The molecule has 4 unspecified atom stereocenters. The van der Waals surface area contributed by atoms with E-state index in [-0.39, 0.29) is 18.9 Å². The number of nitrogens with one attached hydrogen (secondary N) is 3. The van der Waals surface area contributed by atoms with Crippen molar-refractivity contribution in [2.75, 3.05) is 19.8 Å². The Morgan fingerprint density at radius 1 is 0.812 bits per heavy atom. The highest BCUT2D eigenvalue weighted by Crippen LogP contribution is 1.99. The molecule has 0 aromatic heterocycles. The molecule has 0 spiro atoms. The fourth-order valence-electron chi connectivity index (χ4n) is 2.26. The zero-order chi connectivity index (χ0) is 24.8. The number of carbonyl (C=O) groups is 5. The molecule has 0 rings (SSSR count). The lowest BCUT2D eigenvalue weighted by Crippen LogP contribution is -2.59. The Balaban J connectivity index is 5.05. The van der Waals surface area contributed by atoms with Crippen LogP contribution in [-0.4, -0.2) is 94.8 Å². The number of aliphatic hydroxyl groups excluding tert-OH is 2. The fraction of sp³-hybridized carbons (Fsp3) is 0.625. The monoisotopic (exact) mass is 462 g/mol. The first kappa shape index (κ1) is 28.5. The van der Waals surface area contributed by atoms with Gasteiger partial charge in [-0.15, -0.1) is 0 Å². The van der Waals surface area contributed by atoms with Crippen molar-refractivity contribution in [2.45, 2.75) is 43.4 Å². The molecule has 0 aliphatic carbocycles. The van der Waals surface area contributed by atoms with Crippen LogP contribution in [0.1, 0.15) is 19.3 Å². The summed E-state index contributed by atoms with van der Waals surface area (Å²) in [6, 6.07) is -5.92. The van der Waals surface area contributed by atoms with Gasteiger partial charge in [0.15, 0.2) is 5.96 Å². The summed E-state index contributed by atoms with van der Waals surface area (Å²) < 4.78 is 0. The third-order valence-electron chi connectivity index (χ3n) is 3.96. The number of carboxylic acid groups (broad SMARTS) is 1. The third kappa shape index (κ3) is 11.0. The number of hydrogen-bond acceptors (Lipinski definition) is 9. The summed E-state index contributed by atoms with van der Waals surface area (Å²) in [6.45, 7) is -1.60. The van der Waals surface area contributed by atoms with Gasteiger partial charge >= 0.3 is 5.97 Å². The molecule has 0 aliphatic rings. The first-order valence-electron chi connectivity index (χ1n) is 9.37.